The molecule has 2 aromatic heterocycles. The van der Waals surface area contributed by atoms with Crippen LogP contribution in [0, 0.1) is 5.92 Å². The normalized spacial score (nSPS) is 18.0. The number of rotatable bonds is 7. The van der Waals surface area contributed by atoms with E-state index in [1.54, 1.807) is 4.57 Å². The number of carbonyl (C=O) groups excluding carboxylic acids is 2. The van der Waals surface area contributed by atoms with Crippen molar-refractivity contribution in [1.29, 1.82) is 0 Å². The van der Waals surface area contributed by atoms with Gasteiger partial charge in [-0.1, -0.05) is 19.3 Å². The zero-order valence-corrected chi connectivity index (χ0v) is 18.0. The topological polar surface area (TPSA) is 93.3 Å². The number of carbonyl (C=O) groups is 2. The monoisotopic (exact) mass is 465 g/mol. The van der Waals surface area contributed by atoms with Crippen molar-refractivity contribution in [3.8, 4) is 0 Å². The molecule has 0 saturated heterocycles. The molecule has 2 fully saturated rings. The first-order valence-corrected chi connectivity index (χ1v) is 11.2. The van der Waals surface area contributed by atoms with Gasteiger partial charge in [0.2, 0.25) is 5.43 Å². The number of hydrogen-bond acceptors (Lipinski definition) is 4. The van der Waals surface area contributed by atoms with Crippen molar-refractivity contribution >= 4 is 11.8 Å². The molecule has 0 spiro atoms. The molecule has 2 N–H and O–H groups in total. The second-order valence-electron chi connectivity index (χ2n) is 8.77. The van der Waals surface area contributed by atoms with E-state index in [1.165, 1.54) is 24.9 Å². The van der Waals surface area contributed by atoms with Gasteiger partial charge in [-0.2, -0.15) is 13.2 Å². The average molecular weight is 465 g/mol. The van der Waals surface area contributed by atoms with Crippen LogP contribution >= 0.6 is 0 Å². The molecule has 33 heavy (non-hydrogen) atoms. The summed E-state index contributed by atoms with van der Waals surface area (Å²) in [6, 6.07) is -0.0451. The molecule has 2 saturated carbocycles. The van der Waals surface area contributed by atoms with Crippen molar-refractivity contribution < 1.29 is 27.2 Å². The lowest BCUT2D eigenvalue weighted by Crippen LogP contribution is -2.41. The molecular weight excluding hydrogens is 439 g/mol. The zero-order chi connectivity index (χ0) is 23.6. The van der Waals surface area contributed by atoms with E-state index in [-0.39, 0.29) is 11.6 Å². The van der Waals surface area contributed by atoms with Crippen molar-refractivity contribution in [1.82, 2.24) is 15.2 Å². The summed E-state index contributed by atoms with van der Waals surface area (Å²) in [5.74, 6) is -2.00. The number of nitrogens with zero attached hydrogens (tertiary/aromatic N) is 1. The molecule has 0 radical (unpaired) electrons. The van der Waals surface area contributed by atoms with Gasteiger partial charge in [0.05, 0.1) is 6.26 Å². The van der Waals surface area contributed by atoms with E-state index in [0.29, 0.717) is 12.5 Å². The molecule has 2 aliphatic carbocycles. The van der Waals surface area contributed by atoms with Gasteiger partial charge in [0.25, 0.3) is 11.8 Å². The van der Waals surface area contributed by atoms with Gasteiger partial charge < -0.3 is 19.6 Å². The lowest BCUT2D eigenvalue weighted by molar-refractivity contribution is -0.159. The fraction of sp³-hybridized carbons (Fsp3) is 0.522. The Morgan fingerprint density at radius 1 is 1.06 bits per heavy atom. The molecule has 2 heterocycles. The molecule has 2 aliphatic rings. The first-order valence-electron chi connectivity index (χ1n) is 11.2. The average Bonchev–Trinajstić information content (AvgIpc) is 3.50. The van der Waals surface area contributed by atoms with Crippen molar-refractivity contribution in [3.05, 3.63) is 57.9 Å². The van der Waals surface area contributed by atoms with Crippen molar-refractivity contribution in [3.63, 3.8) is 0 Å². The third-order valence-corrected chi connectivity index (χ3v) is 6.21. The van der Waals surface area contributed by atoms with E-state index >= 15 is 0 Å². The van der Waals surface area contributed by atoms with Crippen LogP contribution in [0.3, 0.4) is 0 Å². The Hall–Kier alpha value is -3.04. The zero-order valence-electron chi connectivity index (χ0n) is 18.0. The van der Waals surface area contributed by atoms with Crippen molar-refractivity contribution in [2.24, 2.45) is 5.92 Å². The van der Waals surface area contributed by atoms with Crippen LogP contribution in [0.25, 0.3) is 0 Å². The largest absolute Gasteiger partial charge is 0.467 e. The van der Waals surface area contributed by atoms with E-state index in [0.717, 1.165) is 50.9 Å². The minimum absolute atomic E-state index is 0.00512. The Balaban J connectivity index is 1.58. The Kier molecular flexibility index (Phi) is 6.62. The molecule has 0 aliphatic heterocycles. The summed E-state index contributed by atoms with van der Waals surface area (Å²) in [5, 5.41) is 4.62. The first kappa shape index (κ1) is 23.1. The summed E-state index contributed by atoms with van der Waals surface area (Å²) in [7, 11) is 0. The van der Waals surface area contributed by atoms with Crippen LogP contribution in [0.1, 0.15) is 83.5 Å². The molecule has 10 heteroatoms. The number of hydrogen-bond donors (Lipinski definition) is 2. The first-order chi connectivity index (χ1) is 15.7. The number of nitrogens with one attached hydrogen (secondary N) is 2. The minimum Gasteiger partial charge on any atom is -0.467 e. The lowest BCUT2D eigenvalue weighted by atomic mass is 9.89. The van der Waals surface area contributed by atoms with Crippen molar-refractivity contribution in [2.75, 3.05) is 6.54 Å². The standard InChI is InChI=1S/C23H26F3N3O4/c24-23(25,26)20(18-7-4-10-33-18)28-22(32)17-13-29(15-8-9-15)12-16(19(17)30)21(31)27-11-14-5-2-1-3-6-14/h4,7,10,12-15,20H,1-3,5-6,8-9,11H2,(H,27,31)(H,28,32)/t20-/m1/s1. The van der Waals surface area contributed by atoms with E-state index < -0.39 is 40.8 Å². The maximum atomic E-state index is 13.5. The van der Waals surface area contributed by atoms with Crippen LogP contribution < -0.4 is 16.1 Å². The van der Waals surface area contributed by atoms with Crippen LogP contribution in [-0.4, -0.2) is 29.1 Å². The molecular formula is C23H26F3N3O4. The molecule has 2 amide bonds. The predicted molar refractivity (Wildman–Crippen MR) is 113 cm³/mol. The van der Waals surface area contributed by atoms with Crippen LogP contribution in [0.15, 0.2) is 40.0 Å². The third kappa shape index (κ3) is 5.48. The van der Waals surface area contributed by atoms with Crippen LogP contribution in [0.2, 0.25) is 0 Å². The summed E-state index contributed by atoms with van der Waals surface area (Å²) in [6.07, 6.45) is 5.81. The highest BCUT2D eigenvalue weighted by atomic mass is 19.4. The Morgan fingerprint density at radius 3 is 2.30 bits per heavy atom. The molecule has 0 bridgehead atoms. The predicted octanol–water partition coefficient (Wildman–Crippen LogP) is 4.12. The SMILES string of the molecule is O=C(NCC1CCCCC1)c1cn(C2CC2)cc(C(=O)N[C@H](c2ccco2)C(F)(F)F)c1=O. The Morgan fingerprint density at radius 2 is 1.73 bits per heavy atom. The van der Waals surface area contributed by atoms with E-state index in [9.17, 15) is 27.6 Å². The fourth-order valence-electron chi connectivity index (χ4n) is 4.21. The Bertz CT molecular complexity index is 1050. The van der Waals surface area contributed by atoms with Crippen molar-refractivity contribution in [2.45, 2.75) is 63.2 Å². The van der Waals surface area contributed by atoms with Crippen LogP contribution in [0.5, 0.6) is 0 Å². The van der Waals surface area contributed by atoms with Gasteiger partial charge in [-0.25, -0.2) is 0 Å². The Labute approximate surface area is 188 Å². The van der Waals surface area contributed by atoms with Gasteiger partial charge in [-0.15, -0.1) is 0 Å². The lowest BCUT2D eigenvalue weighted by Gasteiger charge is -2.22. The second-order valence-corrected chi connectivity index (χ2v) is 8.77. The molecule has 1 atom stereocenters. The third-order valence-electron chi connectivity index (χ3n) is 6.21. The quantitative estimate of drug-likeness (QED) is 0.643. The van der Waals surface area contributed by atoms with Gasteiger partial charge in [-0.3, -0.25) is 14.4 Å². The maximum Gasteiger partial charge on any atom is 0.415 e. The number of amides is 2. The number of furan rings is 1. The highest BCUT2D eigenvalue weighted by Crippen LogP contribution is 2.35. The van der Waals surface area contributed by atoms with Crippen LogP contribution in [0.4, 0.5) is 13.2 Å². The van der Waals surface area contributed by atoms with Crippen LogP contribution in [-0.2, 0) is 0 Å². The summed E-state index contributed by atoms with van der Waals surface area (Å²) in [4.78, 5) is 38.6. The molecule has 4 rings (SSSR count). The van der Waals surface area contributed by atoms with Gasteiger partial charge in [-0.05, 0) is 43.7 Å². The summed E-state index contributed by atoms with van der Waals surface area (Å²) in [6.45, 7) is 0.423. The van der Waals surface area contributed by atoms with Gasteiger partial charge in [0.15, 0.2) is 6.04 Å². The van der Waals surface area contributed by atoms with E-state index in [4.69, 9.17) is 4.42 Å². The second kappa shape index (κ2) is 9.44. The molecule has 0 unspecified atom stereocenters. The molecule has 178 valence electrons. The molecule has 7 nitrogen and oxygen atoms in total. The highest BCUT2D eigenvalue weighted by molar-refractivity contribution is 5.99. The van der Waals surface area contributed by atoms with Gasteiger partial charge in [0.1, 0.15) is 16.9 Å². The maximum absolute atomic E-state index is 13.5. The van der Waals surface area contributed by atoms with Gasteiger partial charge >= 0.3 is 6.18 Å². The molecule has 2 aromatic rings. The highest BCUT2D eigenvalue weighted by Gasteiger charge is 2.44. The fourth-order valence-corrected chi connectivity index (χ4v) is 4.21. The minimum atomic E-state index is -4.84. The summed E-state index contributed by atoms with van der Waals surface area (Å²) >= 11 is 0. The number of alkyl halides is 3. The van der Waals surface area contributed by atoms with E-state index in [2.05, 4.69) is 5.32 Å². The van der Waals surface area contributed by atoms with Gasteiger partial charge in [0, 0.05) is 25.0 Å². The number of pyridine rings is 1. The number of halogens is 3. The summed E-state index contributed by atoms with van der Waals surface area (Å²) < 4.78 is 47.0. The number of aromatic nitrogens is 1. The smallest absolute Gasteiger partial charge is 0.415 e. The molecule has 0 aromatic carbocycles. The van der Waals surface area contributed by atoms with E-state index in [1.807, 2.05) is 5.32 Å². The summed E-state index contributed by atoms with van der Waals surface area (Å²) in [5.41, 5.74) is -1.65.